The summed E-state index contributed by atoms with van der Waals surface area (Å²) in [5.41, 5.74) is 1.92. The van der Waals surface area contributed by atoms with Gasteiger partial charge in [-0.25, -0.2) is 4.79 Å². The molecule has 0 saturated carbocycles. The Hall–Kier alpha value is -2.54. The Balaban J connectivity index is 1.92. The third kappa shape index (κ3) is 5.23. The second-order valence-electron chi connectivity index (χ2n) is 6.03. The van der Waals surface area contributed by atoms with Crippen LogP contribution < -0.4 is 14.8 Å². The molecule has 1 N–H and O–H groups in total. The van der Waals surface area contributed by atoms with Crippen molar-refractivity contribution < 1.29 is 23.8 Å². The summed E-state index contributed by atoms with van der Waals surface area (Å²) in [7, 11) is 3.12. The van der Waals surface area contributed by atoms with Gasteiger partial charge in [0, 0.05) is 11.4 Å². The normalized spacial score (nSPS) is 11.6. The standard InChI is InChI=1S/C20H25NO5S/c1-6-17-12(2)9-18(27-17)20(23)26-13(3)19(22)21-11-14-7-8-15(24-4)16(10-14)25-5/h7-10,13H,6,11H2,1-5H3,(H,21,22)/t13-/m0/s1. The highest BCUT2D eigenvalue weighted by molar-refractivity contribution is 7.14. The van der Waals surface area contributed by atoms with E-state index >= 15 is 0 Å². The van der Waals surface area contributed by atoms with Gasteiger partial charge in [0.1, 0.15) is 4.88 Å². The molecule has 0 unspecified atom stereocenters. The van der Waals surface area contributed by atoms with Crippen molar-refractivity contribution in [2.75, 3.05) is 14.2 Å². The number of amides is 1. The predicted octanol–water partition coefficient (Wildman–Crippen LogP) is 3.50. The third-order valence-electron chi connectivity index (χ3n) is 4.11. The molecule has 6 nitrogen and oxygen atoms in total. The van der Waals surface area contributed by atoms with E-state index in [2.05, 4.69) is 5.32 Å². The average molecular weight is 391 g/mol. The van der Waals surface area contributed by atoms with Crippen molar-refractivity contribution in [3.63, 3.8) is 0 Å². The van der Waals surface area contributed by atoms with Gasteiger partial charge in [-0.05, 0) is 49.6 Å². The van der Waals surface area contributed by atoms with Gasteiger partial charge in [-0.3, -0.25) is 4.79 Å². The number of esters is 1. The van der Waals surface area contributed by atoms with E-state index in [1.807, 2.05) is 19.9 Å². The van der Waals surface area contributed by atoms with E-state index in [0.717, 1.165) is 22.4 Å². The molecule has 7 heteroatoms. The Morgan fingerprint density at radius 2 is 1.85 bits per heavy atom. The first kappa shape index (κ1) is 20.8. The molecule has 146 valence electrons. The fourth-order valence-corrected chi connectivity index (χ4v) is 3.56. The van der Waals surface area contributed by atoms with Crippen molar-refractivity contribution in [3.8, 4) is 11.5 Å². The molecule has 27 heavy (non-hydrogen) atoms. The summed E-state index contributed by atoms with van der Waals surface area (Å²) < 4.78 is 15.7. The molecule has 0 saturated heterocycles. The maximum absolute atomic E-state index is 12.2. The van der Waals surface area contributed by atoms with Gasteiger partial charge in [0.05, 0.1) is 14.2 Å². The Bertz CT molecular complexity index is 815. The molecule has 0 bridgehead atoms. The van der Waals surface area contributed by atoms with Crippen LogP contribution in [0.4, 0.5) is 0 Å². The van der Waals surface area contributed by atoms with Crippen LogP contribution in [0.3, 0.4) is 0 Å². The van der Waals surface area contributed by atoms with Crippen LogP contribution in [0.1, 0.15) is 39.5 Å². The summed E-state index contributed by atoms with van der Waals surface area (Å²) in [6, 6.07) is 7.20. The number of nitrogens with one attached hydrogen (secondary N) is 1. The molecule has 1 aromatic carbocycles. The number of thiophene rings is 1. The maximum atomic E-state index is 12.2. The lowest BCUT2D eigenvalue weighted by Crippen LogP contribution is -2.35. The zero-order valence-electron chi connectivity index (χ0n) is 16.3. The first-order chi connectivity index (χ1) is 12.9. The van der Waals surface area contributed by atoms with Gasteiger partial charge in [-0.15, -0.1) is 11.3 Å². The number of methoxy groups -OCH3 is 2. The molecule has 0 fully saturated rings. The summed E-state index contributed by atoms with van der Waals surface area (Å²) >= 11 is 1.41. The molecule has 0 aliphatic heterocycles. The third-order valence-corrected chi connectivity index (χ3v) is 5.47. The second kappa shape index (κ2) is 9.41. The molecule has 1 atom stereocenters. The minimum absolute atomic E-state index is 0.291. The molecule has 1 amide bonds. The van der Waals surface area contributed by atoms with E-state index in [1.165, 1.54) is 11.3 Å². The smallest absolute Gasteiger partial charge is 0.349 e. The van der Waals surface area contributed by atoms with Gasteiger partial charge >= 0.3 is 5.97 Å². The van der Waals surface area contributed by atoms with Crippen molar-refractivity contribution in [2.24, 2.45) is 0 Å². The molecular weight excluding hydrogens is 366 g/mol. The van der Waals surface area contributed by atoms with E-state index in [-0.39, 0.29) is 5.91 Å². The number of carbonyl (C=O) groups is 2. The molecule has 0 aliphatic rings. The number of ether oxygens (including phenoxy) is 3. The van der Waals surface area contributed by atoms with Gasteiger partial charge in [0.25, 0.3) is 5.91 Å². The molecule has 0 spiro atoms. The van der Waals surface area contributed by atoms with Gasteiger partial charge in [0.15, 0.2) is 17.6 Å². The minimum atomic E-state index is -0.884. The molecule has 0 radical (unpaired) electrons. The topological polar surface area (TPSA) is 73.9 Å². The first-order valence-electron chi connectivity index (χ1n) is 8.68. The lowest BCUT2D eigenvalue weighted by atomic mass is 10.2. The van der Waals surface area contributed by atoms with Crippen molar-refractivity contribution in [3.05, 3.63) is 45.1 Å². The lowest BCUT2D eigenvalue weighted by molar-refractivity contribution is -0.129. The minimum Gasteiger partial charge on any atom is -0.493 e. The highest BCUT2D eigenvalue weighted by Gasteiger charge is 2.20. The Labute approximate surface area is 163 Å². The molecule has 2 rings (SSSR count). The van der Waals surface area contributed by atoms with Crippen molar-refractivity contribution in [2.45, 2.75) is 39.8 Å². The van der Waals surface area contributed by atoms with Crippen LogP contribution in [0.15, 0.2) is 24.3 Å². The predicted molar refractivity (Wildman–Crippen MR) is 105 cm³/mol. The second-order valence-corrected chi connectivity index (χ2v) is 7.16. The lowest BCUT2D eigenvalue weighted by Gasteiger charge is -2.14. The number of rotatable bonds is 8. The van der Waals surface area contributed by atoms with Crippen LogP contribution in [0.25, 0.3) is 0 Å². The number of aryl methyl sites for hydroxylation is 2. The highest BCUT2D eigenvalue weighted by Crippen LogP contribution is 2.27. The largest absolute Gasteiger partial charge is 0.493 e. The van der Waals surface area contributed by atoms with E-state index < -0.39 is 12.1 Å². The molecule has 1 aromatic heterocycles. The first-order valence-corrected chi connectivity index (χ1v) is 9.50. The fraction of sp³-hybridized carbons (Fsp3) is 0.400. The van der Waals surface area contributed by atoms with Crippen LogP contribution in [0, 0.1) is 6.92 Å². The Morgan fingerprint density at radius 3 is 2.44 bits per heavy atom. The maximum Gasteiger partial charge on any atom is 0.349 e. The van der Waals surface area contributed by atoms with Crippen LogP contribution in [0.5, 0.6) is 11.5 Å². The van der Waals surface area contributed by atoms with Crippen molar-refractivity contribution in [1.82, 2.24) is 5.32 Å². The van der Waals surface area contributed by atoms with E-state index in [1.54, 1.807) is 39.3 Å². The quantitative estimate of drug-likeness (QED) is 0.697. The molecule has 0 aliphatic carbocycles. The van der Waals surface area contributed by atoms with Crippen molar-refractivity contribution in [1.29, 1.82) is 0 Å². The van der Waals surface area contributed by atoms with Gasteiger partial charge < -0.3 is 19.5 Å². The summed E-state index contributed by atoms with van der Waals surface area (Å²) in [6.45, 7) is 5.85. The van der Waals surface area contributed by atoms with Gasteiger partial charge in [0.2, 0.25) is 0 Å². The van der Waals surface area contributed by atoms with Crippen LogP contribution >= 0.6 is 11.3 Å². The average Bonchev–Trinajstić information content (AvgIpc) is 3.06. The summed E-state index contributed by atoms with van der Waals surface area (Å²) in [5, 5.41) is 2.76. The number of hydrogen-bond acceptors (Lipinski definition) is 6. The fourth-order valence-electron chi connectivity index (χ4n) is 2.57. The number of hydrogen-bond donors (Lipinski definition) is 1. The van der Waals surface area contributed by atoms with Crippen molar-refractivity contribution >= 4 is 23.2 Å². The van der Waals surface area contributed by atoms with E-state index in [0.29, 0.717) is 22.9 Å². The monoisotopic (exact) mass is 391 g/mol. The van der Waals surface area contributed by atoms with Gasteiger partial charge in [-0.2, -0.15) is 0 Å². The summed E-state index contributed by atoms with van der Waals surface area (Å²) in [6.07, 6.45) is -0.0179. The molecule has 1 heterocycles. The highest BCUT2D eigenvalue weighted by atomic mass is 32.1. The van der Waals surface area contributed by atoms with Gasteiger partial charge in [-0.1, -0.05) is 13.0 Å². The SMILES string of the molecule is CCc1sc(C(=O)O[C@@H](C)C(=O)NCc2ccc(OC)c(OC)c2)cc1C. The Morgan fingerprint density at radius 1 is 1.15 bits per heavy atom. The molecule has 2 aromatic rings. The zero-order chi connectivity index (χ0) is 20.0. The van der Waals surface area contributed by atoms with Crippen LogP contribution in [-0.4, -0.2) is 32.2 Å². The zero-order valence-corrected chi connectivity index (χ0v) is 17.1. The molecular formula is C20H25NO5S. The summed E-state index contributed by atoms with van der Waals surface area (Å²) in [5.74, 6) is 0.370. The van der Waals surface area contributed by atoms with E-state index in [9.17, 15) is 9.59 Å². The number of benzene rings is 1. The van der Waals surface area contributed by atoms with Crippen LogP contribution in [0.2, 0.25) is 0 Å². The van der Waals surface area contributed by atoms with E-state index in [4.69, 9.17) is 14.2 Å². The van der Waals surface area contributed by atoms with Crippen LogP contribution in [-0.2, 0) is 22.5 Å². The Kier molecular flexibility index (Phi) is 7.24. The number of carbonyl (C=O) groups excluding carboxylic acids is 2. The summed E-state index contributed by atoms with van der Waals surface area (Å²) in [4.78, 5) is 26.2.